The van der Waals surface area contributed by atoms with Crippen molar-refractivity contribution >= 4 is 16.9 Å². The number of aryl methyl sites for hydroxylation is 2. The van der Waals surface area contributed by atoms with Gasteiger partial charge in [-0.1, -0.05) is 13.0 Å². The van der Waals surface area contributed by atoms with E-state index in [1.807, 2.05) is 23.1 Å². The summed E-state index contributed by atoms with van der Waals surface area (Å²) in [5.74, 6) is 0.168. The van der Waals surface area contributed by atoms with Crippen LogP contribution in [0, 0.1) is 0 Å². The van der Waals surface area contributed by atoms with Gasteiger partial charge < -0.3 is 9.80 Å². The Morgan fingerprint density at radius 1 is 1.04 bits per heavy atom. The molecule has 124 valence electrons. The monoisotopic (exact) mass is 316 g/mol. The zero-order chi connectivity index (χ0) is 16.6. The Morgan fingerprint density at radius 2 is 1.70 bits per heavy atom. The van der Waals surface area contributed by atoms with Crippen LogP contribution >= 0.6 is 0 Å². The lowest BCUT2D eigenvalue weighted by molar-refractivity contribution is -0.132. The summed E-state index contributed by atoms with van der Waals surface area (Å²) in [5.41, 5.74) is 2.68. The van der Waals surface area contributed by atoms with Crippen molar-refractivity contribution in [2.75, 3.05) is 32.7 Å². The molecule has 0 aliphatic carbocycles. The van der Waals surface area contributed by atoms with E-state index >= 15 is 0 Å². The molecule has 1 aliphatic rings. The Balaban J connectivity index is 1.75. The highest BCUT2D eigenvalue weighted by molar-refractivity contribution is 5.82. The predicted octanol–water partition coefficient (Wildman–Crippen LogP) is 0.584. The minimum Gasteiger partial charge on any atom is -0.340 e. The van der Waals surface area contributed by atoms with Gasteiger partial charge in [-0.05, 0) is 24.2 Å². The third kappa shape index (κ3) is 2.91. The van der Waals surface area contributed by atoms with Crippen LogP contribution in [0.25, 0.3) is 11.0 Å². The van der Waals surface area contributed by atoms with Crippen molar-refractivity contribution in [1.29, 1.82) is 0 Å². The van der Waals surface area contributed by atoms with Gasteiger partial charge >= 0.3 is 5.69 Å². The van der Waals surface area contributed by atoms with Gasteiger partial charge in [0.2, 0.25) is 5.91 Å². The van der Waals surface area contributed by atoms with Gasteiger partial charge in [0.05, 0.1) is 17.5 Å². The molecule has 0 N–H and O–H groups in total. The lowest BCUT2D eigenvalue weighted by atomic mass is 10.1. The number of benzene rings is 1. The Labute approximate surface area is 135 Å². The Morgan fingerprint density at radius 3 is 2.35 bits per heavy atom. The highest BCUT2D eigenvalue weighted by atomic mass is 16.2. The molecule has 2 aromatic rings. The van der Waals surface area contributed by atoms with Crippen molar-refractivity contribution in [2.45, 2.75) is 13.3 Å². The fraction of sp³-hybridized carbons (Fsp3) is 0.529. The fourth-order valence-electron chi connectivity index (χ4n) is 3.26. The maximum Gasteiger partial charge on any atom is 0.328 e. The van der Waals surface area contributed by atoms with Crippen LogP contribution < -0.4 is 5.69 Å². The molecule has 6 nitrogen and oxygen atoms in total. The molecule has 3 rings (SSSR count). The molecule has 1 aromatic carbocycles. The number of piperazine rings is 1. The van der Waals surface area contributed by atoms with Crippen molar-refractivity contribution in [2.24, 2.45) is 14.1 Å². The molecule has 0 spiro atoms. The van der Waals surface area contributed by atoms with E-state index in [4.69, 9.17) is 0 Å². The molecule has 1 aliphatic heterocycles. The van der Waals surface area contributed by atoms with E-state index in [0.717, 1.165) is 49.3 Å². The quantitative estimate of drug-likeness (QED) is 0.832. The van der Waals surface area contributed by atoms with Crippen LogP contribution in [0.3, 0.4) is 0 Å². The van der Waals surface area contributed by atoms with Crippen molar-refractivity contribution < 1.29 is 4.79 Å². The second kappa shape index (κ2) is 6.20. The van der Waals surface area contributed by atoms with Gasteiger partial charge in [-0.2, -0.15) is 0 Å². The summed E-state index contributed by atoms with van der Waals surface area (Å²) >= 11 is 0. The molecule has 2 heterocycles. The lowest BCUT2D eigenvalue weighted by Crippen LogP contribution is -2.48. The molecule has 1 saturated heterocycles. The first kappa shape index (κ1) is 15.8. The highest BCUT2D eigenvalue weighted by Gasteiger charge is 2.20. The van der Waals surface area contributed by atoms with Gasteiger partial charge in [-0.25, -0.2) is 4.79 Å². The van der Waals surface area contributed by atoms with Gasteiger partial charge in [0.15, 0.2) is 0 Å². The normalized spacial score (nSPS) is 16.2. The van der Waals surface area contributed by atoms with E-state index < -0.39 is 0 Å². The molecule has 23 heavy (non-hydrogen) atoms. The number of hydrogen-bond acceptors (Lipinski definition) is 3. The minimum atomic E-state index is -0.0424. The second-order valence-electron chi connectivity index (χ2n) is 6.22. The van der Waals surface area contributed by atoms with Gasteiger partial charge in [0, 0.05) is 40.3 Å². The lowest BCUT2D eigenvalue weighted by Gasteiger charge is -2.34. The van der Waals surface area contributed by atoms with Crippen LogP contribution in [0.5, 0.6) is 0 Å². The van der Waals surface area contributed by atoms with Crippen molar-refractivity contribution in [3.05, 3.63) is 34.2 Å². The molecule has 1 aromatic heterocycles. The van der Waals surface area contributed by atoms with E-state index in [2.05, 4.69) is 11.8 Å². The van der Waals surface area contributed by atoms with Gasteiger partial charge in [0.25, 0.3) is 0 Å². The minimum absolute atomic E-state index is 0.0424. The Bertz CT molecular complexity index is 782. The fourth-order valence-corrected chi connectivity index (χ4v) is 3.26. The molecule has 0 radical (unpaired) electrons. The molecule has 6 heteroatoms. The maximum absolute atomic E-state index is 12.5. The summed E-state index contributed by atoms with van der Waals surface area (Å²) in [4.78, 5) is 28.8. The van der Waals surface area contributed by atoms with Crippen molar-refractivity contribution in [1.82, 2.24) is 18.9 Å². The third-order valence-corrected chi connectivity index (χ3v) is 4.86. The molecule has 0 bridgehead atoms. The number of carbonyl (C=O) groups excluding carboxylic acids is 1. The highest BCUT2D eigenvalue weighted by Crippen LogP contribution is 2.15. The summed E-state index contributed by atoms with van der Waals surface area (Å²) in [7, 11) is 3.53. The van der Waals surface area contributed by atoms with Gasteiger partial charge in [-0.15, -0.1) is 0 Å². The standard InChI is InChI=1S/C17H24N4O2/c1-4-20-7-9-21(10-8-20)16(22)12-13-5-6-14-15(11-13)19(3)17(23)18(14)2/h5-6,11H,4,7-10,12H2,1-3H3. The van der Waals surface area contributed by atoms with Crippen LogP contribution in [0.4, 0.5) is 0 Å². The number of likely N-dealkylation sites (N-methyl/N-ethyl adjacent to an activating group) is 1. The number of fused-ring (bicyclic) bond motifs is 1. The van der Waals surface area contributed by atoms with Crippen LogP contribution in [-0.4, -0.2) is 57.6 Å². The van der Waals surface area contributed by atoms with Crippen molar-refractivity contribution in [3.63, 3.8) is 0 Å². The number of rotatable bonds is 3. The van der Waals surface area contributed by atoms with Crippen LogP contribution in [0.1, 0.15) is 12.5 Å². The second-order valence-corrected chi connectivity index (χ2v) is 6.22. The zero-order valence-electron chi connectivity index (χ0n) is 14.1. The molecular weight excluding hydrogens is 292 g/mol. The summed E-state index contributed by atoms with van der Waals surface area (Å²) < 4.78 is 3.26. The average molecular weight is 316 g/mol. The number of amides is 1. The third-order valence-electron chi connectivity index (χ3n) is 4.86. The molecule has 1 fully saturated rings. The first-order chi connectivity index (χ1) is 11.0. The summed E-state index contributed by atoms with van der Waals surface area (Å²) in [6.45, 7) is 6.71. The van der Waals surface area contributed by atoms with E-state index in [-0.39, 0.29) is 11.6 Å². The molecular formula is C17H24N4O2. The number of hydrogen-bond donors (Lipinski definition) is 0. The topological polar surface area (TPSA) is 50.5 Å². The van der Waals surface area contributed by atoms with Crippen LogP contribution in [0.15, 0.2) is 23.0 Å². The first-order valence-electron chi connectivity index (χ1n) is 8.15. The summed E-state index contributed by atoms with van der Waals surface area (Å²) in [5, 5.41) is 0. The maximum atomic E-state index is 12.5. The largest absolute Gasteiger partial charge is 0.340 e. The molecule has 0 unspecified atom stereocenters. The van der Waals surface area contributed by atoms with Gasteiger partial charge in [0.1, 0.15) is 0 Å². The predicted molar refractivity (Wildman–Crippen MR) is 90.6 cm³/mol. The Kier molecular flexibility index (Phi) is 4.26. The van der Waals surface area contributed by atoms with E-state index in [1.165, 1.54) is 0 Å². The number of carbonyl (C=O) groups is 1. The zero-order valence-corrected chi connectivity index (χ0v) is 14.1. The SMILES string of the molecule is CCN1CCN(C(=O)Cc2ccc3c(c2)n(C)c(=O)n3C)CC1. The number of aromatic nitrogens is 2. The first-order valence-corrected chi connectivity index (χ1v) is 8.15. The number of imidazole rings is 1. The van der Waals surface area contributed by atoms with Crippen LogP contribution in [0.2, 0.25) is 0 Å². The van der Waals surface area contributed by atoms with E-state index in [1.54, 1.807) is 23.2 Å². The summed E-state index contributed by atoms with van der Waals surface area (Å²) in [6.07, 6.45) is 0.394. The van der Waals surface area contributed by atoms with E-state index in [9.17, 15) is 9.59 Å². The van der Waals surface area contributed by atoms with Gasteiger partial charge in [-0.3, -0.25) is 13.9 Å². The molecule has 0 atom stereocenters. The number of nitrogens with zero attached hydrogens (tertiary/aromatic N) is 4. The van der Waals surface area contributed by atoms with Crippen LogP contribution in [-0.2, 0) is 25.3 Å². The van der Waals surface area contributed by atoms with Crippen molar-refractivity contribution in [3.8, 4) is 0 Å². The molecule has 1 amide bonds. The smallest absolute Gasteiger partial charge is 0.328 e. The summed E-state index contributed by atoms with van der Waals surface area (Å²) in [6, 6.07) is 5.83. The molecule has 0 saturated carbocycles. The average Bonchev–Trinajstić information content (AvgIpc) is 2.79. The van der Waals surface area contributed by atoms with E-state index in [0.29, 0.717) is 6.42 Å². The Hall–Kier alpha value is -2.08.